The highest BCUT2D eigenvalue weighted by Crippen LogP contribution is 1.82. The SMILES string of the molecule is [NH3+][C@@H](CS(=O)(=O)[O-])C(=O)[O-]. The van der Waals surface area contributed by atoms with Crippen LogP contribution in [0.4, 0.5) is 0 Å². The van der Waals surface area contributed by atoms with E-state index in [1.165, 1.54) is 0 Å². The molecule has 0 saturated heterocycles. The van der Waals surface area contributed by atoms with Crippen molar-refractivity contribution in [2.24, 2.45) is 0 Å². The van der Waals surface area contributed by atoms with E-state index in [1.54, 1.807) is 0 Å². The van der Waals surface area contributed by atoms with Crippen LogP contribution in [-0.2, 0) is 14.9 Å². The van der Waals surface area contributed by atoms with Crippen molar-refractivity contribution < 1.29 is 28.6 Å². The molecule has 1 atom stereocenters. The van der Waals surface area contributed by atoms with Crippen LogP contribution in [0.5, 0.6) is 0 Å². The van der Waals surface area contributed by atoms with Gasteiger partial charge < -0.3 is 20.2 Å². The lowest BCUT2D eigenvalue weighted by Gasteiger charge is -2.11. The van der Waals surface area contributed by atoms with E-state index in [4.69, 9.17) is 0 Å². The molecule has 0 aliphatic carbocycles. The van der Waals surface area contributed by atoms with Gasteiger partial charge in [-0.1, -0.05) is 0 Å². The van der Waals surface area contributed by atoms with Crippen LogP contribution < -0.4 is 10.8 Å². The fraction of sp³-hybridized carbons (Fsp3) is 0.667. The highest BCUT2D eigenvalue weighted by Gasteiger charge is 2.10. The normalized spacial score (nSPS) is 14.6. The Bertz CT molecular complexity index is 219. The molecule has 0 radical (unpaired) electrons. The molecule has 0 fully saturated rings. The summed E-state index contributed by atoms with van der Waals surface area (Å²) in [4.78, 5) is 9.80. The van der Waals surface area contributed by atoms with Crippen LogP contribution in [0.15, 0.2) is 0 Å². The standard InChI is InChI=1S/C3H7NO5S/c4-2(3(5)6)1-10(7,8)9/h2H,1,4H2,(H,5,6)(H,7,8,9)/p-1/t2-/m0/s1. The zero-order valence-corrected chi connectivity index (χ0v) is 5.76. The van der Waals surface area contributed by atoms with Gasteiger partial charge in [0.05, 0.1) is 5.75 Å². The van der Waals surface area contributed by atoms with Crippen LogP contribution in [0.25, 0.3) is 0 Å². The molecular formula is C3H6NO5S-. The summed E-state index contributed by atoms with van der Waals surface area (Å²) in [5.41, 5.74) is 2.88. The molecule has 0 amide bonds. The van der Waals surface area contributed by atoms with Gasteiger partial charge in [0, 0.05) is 0 Å². The Balaban J connectivity index is 4.06. The van der Waals surface area contributed by atoms with Crippen LogP contribution in [0.1, 0.15) is 0 Å². The van der Waals surface area contributed by atoms with E-state index in [-0.39, 0.29) is 0 Å². The number of hydrogen-bond donors (Lipinski definition) is 1. The first-order chi connectivity index (χ1) is 4.33. The van der Waals surface area contributed by atoms with Crippen molar-refractivity contribution in [1.82, 2.24) is 0 Å². The summed E-state index contributed by atoms with van der Waals surface area (Å²) < 4.78 is 29.6. The number of carbonyl (C=O) groups is 1. The molecule has 0 aliphatic heterocycles. The van der Waals surface area contributed by atoms with Gasteiger partial charge >= 0.3 is 0 Å². The molecule has 0 saturated carbocycles. The lowest BCUT2D eigenvalue weighted by Crippen LogP contribution is -2.70. The number of hydrogen-bond acceptors (Lipinski definition) is 5. The van der Waals surface area contributed by atoms with Gasteiger partial charge in [-0.25, -0.2) is 8.42 Å². The molecule has 0 heterocycles. The first-order valence-electron chi connectivity index (χ1n) is 2.30. The lowest BCUT2D eigenvalue weighted by atomic mass is 10.4. The third-order valence-corrected chi connectivity index (χ3v) is 1.55. The molecule has 0 aromatic rings. The van der Waals surface area contributed by atoms with E-state index in [1.807, 2.05) is 0 Å². The number of carbonyl (C=O) groups excluding carboxylic acids is 1. The molecule has 0 aliphatic rings. The van der Waals surface area contributed by atoms with Crippen molar-refractivity contribution in [3.63, 3.8) is 0 Å². The Morgan fingerprint density at radius 3 is 2.10 bits per heavy atom. The molecule has 0 aromatic heterocycles. The van der Waals surface area contributed by atoms with Crippen molar-refractivity contribution >= 4 is 16.1 Å². The first kappa shape index (κ1) is 9.34. The smallest absolute Gasteiger partial charge is 0.137 e. The summed E-state index contributed by atoms with van der Waals surface area (Å²) in [5, 5.41) is 9.80. The van der Waals surface area contributed by atoms with Gasteiger partial charge in [-0.15, -0.1) is 0 Å². The number of carboxylic acids is 1. The maximum atomic E-state index is 9.86. The first-order valence-corrected chi connectivity index (χ1v) is 3.88. The Labute approximate surface area is 57.4 Å². The molecule has 3 N–H and O–H groups in total. The van der Waals surface area contributed by atoms with Crippen LogP contribution >= 0.6 is 0 Å². The van der Waals surface area contributed by atoms with Crippen LogP contribution in [-0.4, -0.2) is 30.7 Å². The van der Waals surface area contributed by atoms with E-state index in [2.05, 4.69) is 5.73 Å². The second kappa shape index (κ2) is 2.95. The predicted octanol–water partition coefficient (Wildman–Crippen LogP) is -4.11. The summed E-state index contributed by atoms with van der Waals surface area (Å²) in [7, 11) is -4.50. The van der Waals surface area contributed by atoms with Gasteiger partial charge in [-0.2, -0.15) is 0 Å². The van der Waals surface area contributed by atoms with Gasteiger partial charge in [0.15, 0.2) is 0 Å². The summed E-state index contributed by atoms with van der Waals surface area (Å²) >= 11 is 0. The van der Waals surface area contributed by atoms with Crippen molar-refractivity contribution in [2.45, 2.75) is 6.04 Å². The summed E-state index contributed by atoms with van der Waals surface area (Å²) in [6, 6.07) is -1.48. The minimum Gasteiger partial charge on any atom is -0.748 e. The van der Waals surface area contributed by atoms with Crippen LogP contribution in [0.2, 0.25) is 0 Å². The van der Waals surface area contributed by atoms with Gasteiger partial charge in [0.25, 0.3) is 0 Å². The molecule has 0 spiro atoms. The molecule has 60 valence electrons. The third-order valence-electron chi connectivity index (χ3n) is 0.739. The van der Waals surface area contributed by atoms with E-state index in [0.717, 1.165) is 0 Å². The Kier molecular flexibility index (Phi) is 2.76. The molecule has 0 bridgehead atoms. The van der Waals surface area contributed by atoms with Gasteiger partial charge in [0.2, 0.25) is 0 Å². The van der Waals surface area contributed by atoms with Crippen molar-refractivity contribution in [2.75, 3.05) is 5.75 Å². The molecule has 0 unspecified atom stereocenters. The van der Waals surface area contributed by atoms with Crippen LogP contribution in [0, 0.1) is 0 Å². The van der Waals surface area contributed by atoms with E-state index in [9.17, 15) is 22.9 Å². The molecule has 0 rings (SSSR count). The minimum atomic E-state index is -4.50. The second-order valence-electron chi connectivity index (χ2n) is 1.74. The van der Waals surface area contributed by atoms with Crippen molar-refractivity contribution in [1.29, 1.82) is 0 Å². The second-order valence-corrected chi connectivity index (χ2v) is 3.19. The van der Waals surface area contributed by atoms with E-state index in [0.29, 0.717) is 0 Å². The van der Waals surface area contributed by atoms with Gasteiger partial charge in [-0.3, -0.25) is 0 Å². The zero-order chi connectivity index (χ0) is 8.36. The average molecular weight is 168 g/mol. The Hall–Kier alpha value is -0.660. The number of rotatable bonds is 3. The fourth-order valence-electron chi connectivity index (χ4n) is 0.314. The van der Waals surface area contributed by atoms with E-state index >= 15 is 0 Å². The largest absolute Gasteiger partial charge is 0.748 e. The molecular weight excluding hydrogens is 162 g/mol. The number of aliphatic carboxylic acids is 1. The lowest BCUT2D eigenvalue weighted by molar-refractivity contribution is -0.431. The quantitative estimate of drug-likeness (QED) is 0.428. The molecule has 0 aromatic carbocycles. The zero-order valence-electron chi connectivity index (χ0n) is 4.94. The summed E-state index contributed by atoms with van der Waals surface area (Å²) in [6.45, 7) is 0. The highest BCUT2D eigenvalue weighted by molar-refractivity contribution is 7.85. The summed E-state index contributed by atoms with van der Waals surface area (Å²) in [5.74, 6) is -2.66. The predicted molar refractivity (Wildman–Crippen MR) is 26.2 cm³/mol. The Morgan fingerprint density at radius 1 is 1.60 bits per heavy atom. The van der Waals surface area contributed by atoms with E-state index < -0.39 is 27.9 Å². The average Bonchev–Trinajstić information content (AvgIpc) is 1.60. The topological polar surface area (TPSA) is 125 Å². The van der Waals surface area contributed by atoms with Gasteiger partial charge in [-0.05, 0) is 0 Å². The van der Waals surface area contributed by atoms with Crippen LogP contribution in [0.3, 0.4) is 0 Å². The maximum Gasteiger partial charge on any atom is 0.137 e. The third kappa shape index (κ3) is 4.24. The van der Waals surface area contributed by atoms with Crippen molar-refractivity contribution in [3.8, 4) is 0 Å². The number of quaternary nitrogens is 1. The van der Waals surface area contributed by atoms with Gasteiger partial charge in [0.1, 0.15) is 22.1 Å². The Morgan fingerprint density at radius 2 is 2.00 bits per heavy atom. The molecule has 6 nitrogen and oxygen atoms in total. The molecule has 7 heteroatoms. The monoisotopic (exact) mass is 168 g/mol. The minimum absolute atomic E-state index is 1.02. The van der Waals surface area contributed by atoms with Crippen molar-refractivity contribution in [3.05, 3.63) is 0 Å². The highest BCUT2D eigenvalue weighted by atomic mass is 32.2. The molecule has 10 heavy (non-hydrogen) atoms. The number of carboxylic acid groups (broad SMARTS) is 1. The fourth-order valence-corrected chi connectivity index (χ4v) is 0.943. The summed E-state index contributed by atoms with van der Waals surface area (Å²) in [6.07, 6.45) is 0. The maximum absolute atomic E-state index is 9.86.